The number of rotatable bonds is 6. The van der Waals surface area contributed by atoms with Crippen molar-refractivity contribution in [1.29, 1.82) is 0 Å². The maximum atomic E-state index is 5.86. The lowest BCUT2D eigenvalue weighted by atomic mass is 9.93. The standard InChI is InChI=1S/C23H34N6O/c1-3-8-19(9-4-1)22(23-24-25-26-29(23)18-21-12-7-17-30-21)28-15-13-27(14-16-28)20-10-5-2-6-11-20/h1,3-4,8-9,20-22H,2,5-7,10-18H2. The SMILES string of the molecule is c1ccc(C(c2nnnn2CC2CCCO2)N2CCN(C3CCCCC3)CC2)cc1. The predicted octanol–water partition coefficient (Wildman–Crippen LogP) is 2.89. The highest BCUT2D eigenvalue weighted by Gasteiger charge is 2.33. The molecule has 0 radical (unpaired) electrons. The molecule has 162 valence electrons. The van der Waals surface area contributed by atoms with Crippen molar-refractivity contribution in [2.45, 2.75) is 69.7 Å². The van der Waals surface area contributed by atoms with Gasteiger partial charge in [-0.2, -0.15) is 0 Å². The third kappa shape index (κ3) is 4.43. The molecule has 0 N–H and O–H groups in total. The van der Waals surface area contributed by atoms with Crippen molar-refractivity contribution >= 4 is 0 Å². The predicted molar refractivity (Wildman–Crippen MR) is 115 cm³/mol. The van der Waals surface area contributed by atoms with Crippen molar-refractivity contribution in [2.75, 3.05) is 32.8 Å². The van der Waals surface area contributed by atoms with E-state index in [1.54, 1.807) is 0 Å². The Morgan fingerprint density at radius 2 is 1.73 bits per heavy atom. The Hall–Kier alpha value is -1.83. The molecule has 3 heterocycles. The summed E-state index contributed by atoms with van der Waals surface area (Å²) in [6.07, 6.45) is 9.42. The average molecular weight is 411 g/mol. The molecule has 2 atom stereocenters. The highest BCUT2D eigenvalue weighted by atomic mass is 16.5. The number of aromatic nitrogens is 4. The van der Waals surface area contributed by atoms with E-state index in [1.165, 1.54) is 37.7 Å². The molecule has 2 aromatic rings. The minimum Gasteiger partial charge on any atom is -0.376 e. The molecule has 1 aromatic heterocycles. The molecule has 2 saturated heterocycles. The van der Waals surface area contributed by atoms with Crippen LogP contribution in [0.15, 0.2) is 30.3 Å². The van der Waals surface area contributed by atoms with Gasteiger partial charge in [0, 0.05) is 38.8 Å². The fraction of sp³-hybridized carbons (Fsp3) is 0.696. The molecule has 1 saturated carbocycles. The van der Waals surface area contributed by atoms with E-state index >= 15 is 0 Å². The van der Waals surface area contributed by atoms with Gasteiger partial charge in [0.25, 0.3) is 0 Å². The van der Waals surface area contributed by atoms with Crippen LogP contribution in [0.5, 0.6) is 0 Å². The summed E-state index contributed by atoms with van der Waals surface area (Å²) in [4.78, 5) is 5.30. The van der Waals surface area contributed by atoms with Gasteiger partial charge in [-0.15, -0.1) is 5.10 Å². The summed E-state index contributed by atoms with van der Waals surface area (Å²) in [6, 6.07) is 11.6. The number of benzene rings is 1. The monoisotopic (exact) mass is 410 g/mol. The van der Waals surface area contributed by atoms with Gasteiger partial charge in [0.1, 0.15) is 0 Å². The van der Waals surface area contributed by atoms with E-state index in [9.17, 15) is 0 Å². The lowest BCUT2D eigenvalue weighted by molar-refractivity contribution is 0.0595. The second kappa shape index (κ2) is 9.54. The van der Waals surface area contributed by atoms with Crippen molar-refractivity contribution < 1.29 is 4.74 Å². The van der Waals surface area contributed by atoms with Crippen LogP contribution >= 0.6 is 0 Å². The number of hydrogen-bond donors (Lipinski definition) is 0. The number of piperazine rings is 1. The number of ether oxygens (including phenoxy) is 1. The quantitative estimate of drug-likeness (QED) is 0.730. The zero-order chi connectivity index (χ0) is 20.2. The topological polar surface area (TPSA) is 59.3 Å². The summed E-state index contributed by atoms with van der Waals surface area (Å²) in [5.41, 5.74) is 1.27. The largest absolute Gasteiger partial charge is 0.376 e. The van der Waals surface area contributed by atoms with Gasteiger partial charge in [0.2, 0.25) is 0 Å². The lowest BCUT2D eigenvalue weighted by Crippen LogP contribution is -2.52. The minimum absolute atomic E-state index is 0.0936. The minimum atomic E-state index is 0.0936. The summed E-state index contributed by atoms with van der Waals surface area (Å²) < 4.78 is 7.84. The molecule has 2 unspecified atom stereocenters. The van der Waals surface area contributed by atoms with E-state index in [2.05, 4.69) is 55.7 Å². The van der Waals surface area contributed by atoms with E-state index in [1.807, 2.05) is 4.68 Å². The van der Waals surface area contributed by atoms with Crippen molar-refractivity contribution in [2.24, 2.45) is 0 Å². The zero-order valence-corrected chi connectivity index (χ0v) is 17.9. The Bertz CT molecular complexity index is 776. The van der Waals surface area contributed by atoms with Crippen LogP contribution in [-0.4, -0.2) is 74.9 Å². The highest BCUT2D eigenvalue weighted by molar-refractivity contribution is 5.25. The Kier molecular flexibility index (Phi) is 6.39. The molecule has 7 nitrogen and oxygen atoms in total. The van der Waals surface area contributed by atoms with Gasteiger partial charge in [0.05, 0.1) is 18.7 Å². The molecule has 7 heteroatoms. The molecule has 2 aliphatic heterocycles. The van der Waals surface area contributed by atoms with Gasteiger partial charge < -0.3 is 4.74 Å². The van der Waals surface area contributed by atoms with Crippen molar-refractivity contribution in [3.63, 3.8) is 0 Å². The molecule has 0 amide bonds. The second-order valence-electron chi connectivity index (χ2n) is 9.03. The summed E-state index contributed by atoms with van der Waals surface area (Å²) >= 11 is 0. The van der Waals surface area contributed by atoms with Crippen LogP contribution in [0.2, 0.25) is 0 Å². The first-order valence-corrected chi connectivity index (χ1v) is 11.8. The molecule has 5 rings (SSSR count). The zero-order valence-electron chi connectivity index (χ0n) is 17.9. The summed E-state index contributed by atoms with van der Waals surface area (Å²) in [5, 5.41) is 12.9. The fourth-order valence-electron chi connectivity index (χ4n) is 5.48. The highest BCUT2D eigenvalue weighted by Crippen LogP contribution is 2.30. The van der Waals surface area contributed by atoms with E-state index in [0.717, 1.165) is 64.0 Å². The lowest BCUT2D eigenvalue weighted by Gasteiger charge is -2.43. The van der Waals surface area contributed by atoms with Gasteiger partial charge in [-0.1, -0.05) is 49.6 Å². The first-order chi connectivity index (χ1) is 14.9. The molecule has 1 aliphatic carbocycles. The normalized spacial score (nSPS) is 25.5. The maximum Gasteiger partial charge on any atom is 0.173 e. The third-order valence-corrected chi connectivity index (χ3v) is 7.13. The summed E-state index contributed by atoms with van der Waals surface area (Å²) in [5.74, 6) is 0.947. The Morgan fingerprint density at radius 3 is 2.47 bits per heavy atom. The molecule has 30 heavy (non-hydrogen) atoms. The van der Waals surface area contributed by atoms with Crippen LogP contribution in [0.25, 0.3) is 0 Å². The third-order valence-electron chi connectivity index (χ3n) is 7.13. The van der Waals surface area contributed by atoms with Crippen LogP contribution in [-0.2, 0) is 11.3 Å². The Labute approximate surface area is 179 Å². The van der Waals surface area contributed by atoms with Crippen LogP contribution in [0, 0.1) is 0 Å². The van der Waals surface area contributed by atoms with E-state index < -0.39 is 0 Å². The van der Waals surface area contributed by atoms with E-state index in [4.69, 9.17) is 4.74 Å². The Balaban J connectivity index is 1.34. The smallest absolute Gasteiger partial charge is 0.173 e. The van der Waals surface area contributed by atoms with Crippen LogP contribution in [0.1, 0.15) is 62.4 Å². The van der Waals surface area contributed by atoms with Crippen LogP contribution in [0.4, 0.5) is 0 Å². The first-order valence-electron chi connectivity index (χ1n) is 11.8. The van der Waals surface area contributed by atoms with Crippen LogP contribution < -0.4 is 0 Å². The maximum absolute atomic E-state index is 5.86. The van der Waals surface area contributed by atoms with Crippen LogP contribution in [0.3, 0.4) is 0 Å². The van der Waals surface area contributed by atoms with Crippen molar-refractivity contribution in [3.8, 4) is 0 Å². The molecule has 0 bridgehead atoms. The van der Waals surface area contributed by atoms with Gasteiger partial charge in [-0.05, 0) is 41.7 Å². The van der Waals surface area contributed by atoms with E-state index in [-0.39, 0.29) is 12.1 Å². The summed E-state index contributed by atoms with van der Waals surface area (Å²) in [7, 11) is 0. The molecular weight excluding hydrogens is 376 g/mol. The molecule has 3 fully saturated rings. The first kappa shape index (κ1) is 20.1. The molecule has 3 aliphatic rings. The van der Waals surface area contributed by atoms with Gasteiger partial charge >= 0.3 is 0 Å². The Morgan fingerprint density at radius 1 is 0.933 bits per heavy atom. The number of nitrogens with zero attached hydrogens (tertiary/aromatic N) is 6. The average Bonchev–Trinajstić information content (AvgIpc) is 3.49. The van der Waals surface area contributed by atoms with Gasteiger partial charge in [-0.3, -0.25) is 9.80 Å². The summed E-state index contributed by atoms with van der Waals surface area (Å²) in [6.45, 7) is 6.00. The molecule has 1 aromatic carbocycles. The van der Waals surface area contributed by atoms with Crippen molar-refractivity contribution in [1.82, 2.24) is 30.0 Å². The van der Waals surface area contributed by atoms with E-state index in [0.29, 0.717) is 0 Å². The van der Waals surface area contributed by atoms with Crippen molar-refractivity contribution in [3.05, 3.63) is 41.7 Å². The molecule has 0 spiro atoms. The fourth-order valence-corrected chi connectivity index (χ4v) is 5.48. The van der Waals surface area contributed by atoms with Gasteiger partial charge in [0.15, 0.2) is 5.82 Å². The van der Waals surface area contributed by atoms with Gasteiger partial charge in [-0.25, -0.2) is 4.68 Å². The number of hydrogen-bond acceptors (Lipinski definition) is 6. The molecular formula is C23H34N6O. The second-order valence-corrected chi connectivity index (χ2v) is 9.03. The number of tetrazole rings is 1.